The molecule has 2 aliphatic rings. The molecule has 28 heavy (non-hydrogen) atoms. The lowest BCUT2D eigenvalue weighted by atomic mass is 10.0. The van der Waals surface area contributed by atoms with Gasteiger partial charge in [-0.15, -0.1) is 0 Å². The van der Waals surface area contributed by atoms with Crippen LogP contribution in [0.1, 0.15) is 36.0 Å². The van der Waals surface area contributed by atoms with Crippen molar-refractivity contribution in [1.82, 2.24) is 4.72 Å². The van der Waals surface area contributed by atoms with E-state index in [1.54, 1.807) is 23.1 Å². The minimum absolute atomic E-state index is 0.0297. The van der Waals surface area contributed by atoms with E-state index >= 15 is 0 Å². The van der Waals surface area contributed by atoms with Crippen LogP contribution in [0.4, 0.5) is 5.69 Å². The Bertz CT molecular complexity index is 982. The van der Waals surface area contributed by atoms with Crippen molar-refractivity contribution in [2.24, 2.45) is 0 Å². The number of hydrogen-bond acceptors (Lipinski definition) is 3. The molecule has 0 saturated carbocycles. The number of fused-ring (bicyclic) bond motifs is 1. The summed E-state index contributed by atoms with van der Waals surface area (Å²) in [5, 5.41) is 2.78. The molecule has 0 aliphatic carbocycles. The molecule has 1 amide bonds. The third kappa shape index (κ3) is 4.27. The molecule has 4 rings (SSSR count). The predicted octanol–water partition coefficient (Wildman–Crippen LogP) is 1.23. The van der Waals surface area contributed by atoms with Gasteiger partial charge < -0.3 is 10.2 Å². The van der Waals surface area contributed by atoms with Crippen molar-refractivity contribution >= 4 is 21.6 Å². The van der Waals surface area contributed by atoms with Crippen molar-refractivity contribution in [1.29, 1.82) is 0 Å². The van der Waals surface area contributed by atoms with Gasteiger partial charge in [0.2, 0.25) is 15.9 Å². The van der Waals surface area contributed by atoms with Crippen molar-refractivity contribution in [3.8, 4) is 0 Å². The number of carbonyl (C=O) groups is 1. The second kappa shape index (κ2) is 8.03. The normalized spacial score (nSPS) is 17.4. The smallest absolute Gasteiger partial charge is 0.240 e. The molecule has 2 heterocycles. The molecule has 2 aliphatic heterocycles. The number of aryl methyl sites for hydroxylation is 1. The monoisotopic (exact) mass is 400 g/mol. The molecule has 0 radical (unpaired) electrons. The van der Waals surface area contributed by atoms with Crippen LogP contribution in [-0.4, -0.2) is 27.4 Å². The number of hydrogen-bond donors (Lipinski definition) is 3. The van der Waals surface area contributed by atoms with E-state index in [9.17, 15) is 13.2 Å². The highest BCUT2D eigenvalue weighted by molar-refractivity contribution is 7.89. The summed E-state index contributed by atoms with van der Waals surface area (Å²) in [7, 11) is -3.62. The van der Waals surface area contributed by atoms with Crippen LogP contribution in [0.5, 0.6) is 0 Å². The van der Waals surface area contributed by atoms with Gasteiger partial charge in [0.1, 0.15) is 6.54 Å². The van der Waals surface area contributed by atoms with Crippen molar-refractivity contribution < 1.29 is 18.1 Å². The van der Waals surface area contributed by atoms with Crippen molar-refractivity contribution in [2.45, 2.75) is 43.7 Å². The molecule has 0 spiro atoms. The van der Waals surface area contributed by atoms with Gasteiger partial charge >= 0.3 is 0 Å². The molecular formula is C21H26N3O3S+. The second-order valence-corrected chi connectivity index (χ2v) is 9.36. The Balaban J connectivity index is 1.48. The molecule has 2 aromatic rings. The van der Waals surface area contributed by atoms with Crippen LogP contribution >= 0.6 is 0 Å². The summed E-state index contributed by atoms with van der Waals surface area (Å²) >= 11 is 0. The average molecular weight is 401 g/mol. The van der Waals surface area contributed by atoms with Gasteiger partial charge in [-0.1, -0.05) is 24.3 Å². The number of rotatable bonds is 6. The largest absolute Gasteiger partial charge is 0.331 e. The maximum Gasteiger partial charge on any atom is 0.240 e. The van der Waals surface area contributed by atoms with Gasteiger partial charge in [0.25, 0.3) is 0 Å². The van der Waals surface area contributed by atoms with E-state index in [0.29, 0.717) is 18.5 Å². The Morgan fingerprint density at radius 2 is 1.75 bits per heavy atom. The van der Waals surface area contributed by atoms with E-state index in [0.717, 1.165) is 17.7 Å². The number of sulfonamides is 1. The lowest BCUT2D eigenvalue weighted by Gasteiger charge is -2.18. The first kappa shape index (κ1) is 19.1. The summed E-state index contributed by atoms with van der Waals surface area (Å²) in [5.74, 6) is -0.0297. The molecule has 0 bridgehead atoms. The maximum absolute atomic E-state index is 12.8. The van der Waals surface area contributed by atoms with Gasteiger partial charge in [-0.3, -0.25) is 4.79 Å². The van der Waals surface area contributed by atoms with E-state index < -0.39 is 10.0 Å². The molecule has 0 atom stereocenters. The fourth-order valence-electron chi connectivity index (χ4n) is 4.01. The van der Waals surface area contributed by atoms with Crippen LogP contribution < -0.4 is 14.9 Å². The lowest BCUT2D eigenvalue weighted by Crippen LogP contribution is -3.08. The highest BCUT2D eigenvalue weighted by Crippen LogP contribution is 2.25. The van der Waals surface area contributed by atoms with Crippen molar-refractivity contribution in [3.05, 3.63) is 59.2 Å². The topological polar surface area (TPSA) is 79.7 Å². The molecule has 6 nitrogen and oxygen atoms in total. The van der Waals surface area contributed by atoms with Gasteiger partial charge in [-0.05, 0) is 35.7 Å². The molecule has 0 aromatic heterocycles. The van der Waals surface area contributed by atoms with E-state index in [4.69, 9.17) is 0 Å². The number of anilines is 1. The number of amides is 1. The molecule has 148 valence electrons. The number of nitrogens with one attached hydrogen (secondary N) is 3. The number of quaternary nitrogens is 1. The van der Waals surface area contributed by atoms with Gasteiger partial charge in [-0.25, -0.2) is 13.1 Å². The fourth-order valence-corrected chi connectivity index (χ4v) is 5.06. The summed E-state index contributed by atoms with van der Waals surface area (Å²) < 4.78 is 28.4. The molecule has 0 unspecified atom stereocenters. The van der Waals surface area contributed by atoms with Gasteiger partial charge in [0, 0.05) is 37.1 Å². The first-order valence-corrected chi connectivity index (χ1v) is 11.3. The molecule has 1 saturated heterocycles. The molecule has 3 N–H and O–H groups in total. The van der Waals surface area contributed by atoms with Gasteiger partial charge in [-0.2, -0.15) is 0 Å². The van der Waals surface area contributed by atoms with Crippen molar-refractivity contribution in [2.75, 3.05) is 18.4 Å². The molecule has 1 fully saturated rings. The maximum atomic E-state index is 12.8. The van der Waals surface area contributed by atoms with Crippen LogP contribution in [0.2, 0.25) is 0 Å². The minimum atomic E-state index is -3.62. The fraction of sp³-hybridized carbons (Fsp3) is 0.381. The first-order valence-electron chi connectivity index (χ1n) is 9.84. The summed E-state index contributed by atoms with van der Waals surface area (Å²) in [6.45, 7) is 3.59. The van der Waals surface area contributed by atoms with Crippen LogP contribution in [0, 0.1) is 0 Å². The summed E-state index contributed by atoms with van der Waals surface area (Å²) in [6.07, 6.45) is 3.48. The summed E-state index contributed by atoms with van der Waals surface area (Å²) in [4.78, 5) is 13.3. The Hall–Kier alpha value is -2.22. The zero-order valence-corrected chi connectivity index (χ0v) is 16.6. The second-order valence-electron chi connectivity index (χ2n) is 7.59. The van der Waals surface area contributed by atoms with Gasteiger partial charge in [0.15, 0.2) is 0 Å². The lowest BCUT2D eigenvalue weighted by molar-refractivity contribution is -0.901. The molecule has 2 aromatic carbocycles. The SMILES string of the molecule is O=C1CCc2cc(S(=O)(=O)NCc3ccccc3C[NH+]3CCCC3)ccc2N1. The van der Waals surface area contributed by atoms with E-state index in [2.05, 4.69) is 16.1 Å². The molecular weight excluding hydrogens is 374 g/mol. The minimum Gasteiger partial charge on any atom is -0.331 e. The van der Waals surface area contributed by atoms with Crippen LogP contribution in [0.25, 0.3) is 0 Å². The Morgan fingerprint density at radius 1 is 1.00 bits per heavy atom. The Morgan fingerprint density at radius 3 is 2.54 bits per heavy atom. The number of likely N-dealkylation sites (tertiary alicyclic amines) is 1. The summed E-state index contributed by atoms with van der Waals surface area (Å²) in [5.41, 5.74) is 3.79. The molecule has 7 heteroatoms. The Labute approximate surface area is 166 Å². The highest BCUT2D eigenvalue weighted by Gasteiger charge is 2.21. The first-order chi connectivity index (χ1) is 13.5. The number of benzene rings is 2. The highest BCUT2D eigenvalue weighted by atomic mass is 32.2. The zero-order valence-electron chi connectivity index (χ0n) is 15.8. The Kier molecular flexibility index (Phi) is 5.48. The van der Waals surface area contributed by atoms with E-state index in [1.165, 1.54) is 31.5 Å². The van der Waals surface area contributed by atoms with Crippen molar-refractivity contribution in [3.63, 3.8) is 0 Å². The zero-order chi connectivity index (χ0) is 19.6. The number of carbonyl (C=O) groups excluding carboxylic acids is 1. The third-order valence-electron chi connectivity index (χ3n) is 5.60. The average Bonchev–Trinajstić information content (AvgIpc) is 3.20. The van der Waals surface area contributed by atoms with Gasteiger partial charge in [0.05, 0.1) is 18.0 Å². The van der Waals surface area contributed by atoms with Crippen LogP contribution in [0.15, 0.2) is 47.4 Å². The summed E-state index contributed by atoms with van der Waals surface area (Å²) in [6, 6.07) is 12.9. The predicted molar refractivity (Wildman–Crippen MR) is 107 cm³/mol. The quantitative estimate of drug-likeness (QED) is 0.682. The van der Waals surface area contributed by atoms with E-state index in [-0.39, 0.29) is 17.3 Å². The standard InChI is InChI=1S/C21H25N3O3S/c25-21-10-7-16-13-19(8-9-20(16)23-21)28(26,27)22-14-17-5-1-2-6-18(17)15-24-11-3-4-12-24/h1-2,5-6,8-9,13,22H,3-4,7,10-12,14-15H2,(H,23,25)/p+1. The van der Waals surface area contributed by atoms with E-state index in [1.807, 2.05) is 18.2 Å². The third-order valence-corrected chi connectivity index (χ3v) is 7.00. The van der Waals surface area contributed by atoms with Crippen LogP contribution in [0.3, 0.4) is 0 Å². The van der Waals surface area contributed by atoms with Crippen LogP contribution in [-0.2, 0) is 34.3 Å².